The van der Waals surface area contributed by atoms with Crippen molar-refractivity contribution in [3.8, 4) is 5.75 Å². The van der Waals surface area contributed by atoms with Gasteiger partial charge in [-0.3, -0.25) is 14.5 Å². The lowest BCUT2D eigenvalue weighted by Gasteiger charge is -2.26. The van der Waals surface area contributed by atoms with Crippen LogP contribution >= 0.6 is 0 Å². The fourth-order valence-corrected chi connectivity index (χ4v) is 2.49. The Balaban J connectivity index is 2.05. The second-order valence-corrected chi connectivity index (χ2v) is 6.02. The SMILES string of the molecule is CC(C)C1(C)CC(=O)N(CCc2ccc(O)cc2)C1=O. The average Bonchev–Trinajstić information content (AvgIpc) is 2.61. The van der Waals surface area contributed by atoms with Crippen LogP contribution in [0.4, 0.5) is 0 Å². The Bertz CT molecular complexity index is 521. The first-order valence-corrected chi connectivity index (χ1v) is 6.97. The first-order chi connectivity index (χ1) is 9.34. The van der Waals surface area contributed by atoms with Gasteiger partial charge in [-0.2, -0.15) is 0 Å². The van der Waals surface area contributed by atoms with Crippen LogP contribution in [0.25, 0.3) is 0 Å². The molecule has 0 spiro atoms. The number of likely N-dealkylation sites (tertiary alicyclic amines) is 1. The lowest BCUT2D eigenvalue weighted by Crippen LogP contribution is -2.37. The zero-order chi connectivity index (χ0) is 14.9. The van der Waals surface area contributed by atoms with Gasteiger partial charge in [0.15, 0.2) is 0 Å². The molecule has 0 bridgehead atoms. The zero-order valence-corrected chi connectivity index (χ0v) is 12.2. The molecule has 0 aliphatic carbocycles. The molecule has 1 heterocycles. The molecule has 1 saturated heterocycles. The third-order valence-corrected chi connectivity index (χ3v) is 4.39. The maximum absolute atomic E-state index is 12.4. The molecular formula is C16H21NO3. The Morgan fingerprint density at radius 3 is 2.35 bits per heavy atom. The second-order valence-electron chi connectivity index (χ2n) is 6.02. The number of rotatable bonds is 4. The summed E-state index contributed by atoms with van der Waals surface area (Å²) in [6.45, 7) is 6.24. The highest BCUT2D eigenvalue weighted by Crippen LogP contribution is 2.39. The fraction of sp³-hybridized carbons (Fsp3) is 0.500. The van der Waals surface area contributed by atoms with E-state index in [4.69, 9.17) is 0 Å². The van der Waals surface area contributed by atoms with Crippen LogP contribution in [0.2, 0.25) is 0 Å². The van der Waals surface area contributed by atoms with E-state index in [1.165, 1.54) is 4.90 Å². The van der Waals surface area contributed by atoms with Gasteiger partial charge in [-0.1, -0.05) is 26.0 Å². The summed E-state index contributed by atoms with van der Waals surface area (Å²) >= 11 is 0. The Labute approximate surface area is 119 Å². The van der Waals surface area contributed by atoms with Crippen LogP contribution in [0.5, 0.6) is 5.75 Å². The van der Waals surface area contributed by atoms with Crippen LogP contribution in [0.15, 0.2) is 24.3 Å². The number of benzene rings is 1. The summed E-state index contributed by atoms with van der Waals surface area (Å²) in [5, 5.41) is 9.23. The number of phenols is 1. The van der Waals surface area contributed by atoms with Gasteiger partial charge in [0.1, 0.15) is 5.75 Å². The van der Waals surface area contributed by atoms with Crippen molar-refractivity contribution in [2.45, 2.75) is 33.6 Å². The fourth-order valence-electron chi connectivity index (χ4n) is 2.49. The largest absolute Gasteiger partial charge is 0.508 e. The van der Waals surface area contributed by atoms with E-state index in [2.05, 4.69) is 0 Å². The Hall–Kier alpha value is -1.84. The molecule has 4 heteroatoms. The van der Waals surface area contributed by atoms with Crippen LogP contribution in [-0.2, 0) is 16.0 Å². The third-order valence-electron chi connectivity index (χ3n) is 4.39. The molecule has 1 aliphatic heterocycles. The number of hydrogen-bond acceptors (Lipinski definition) is 3. The van der Waals surface area contributed by atoms with E-state index in [0.717, 1.165) is 5.56 Å². The molecule has 0 aromatic heterocycles. The quantitative estimate of drug-likeness (QED) is 0.858. The summed E-state index contributed by atoms with van der Waals surface area (Å²) in [5.41, 5.74) is 0.438. The van der Waals surface area contributed by atoms with Crippen LogP contribution in [0.3, 0.4) is 0 Å². The van der Waals surface area contributed by atoms with Crippen LogP contribution in [0.1, 0.15) is 32.8 Å². The van der Waals surface area contributed by atoms with Crippen molar-refractivity contribution >= 4 is 11.8 Å². The van der Waals surface area contributed by atoms with Crippen molar-refractivity contribution in [2.75, 3.05) is 6.54 Å². The van der Waals surface area contributed by atoms with Gasteiger partial charge in [0, 0.05) is 13.0 Å². The normalized spacial score (nSPS) is 22.9. The molecule has 4 nitrogen and oxygen atoms in total. The number of carbonyl (C=O) groups is 2. The number of amides is 2. The first-order valence-electron chi connectivity index (χ1n) is 6.97. The van der Waals surface area contributed by atoms with Crippen LogP contribution in [-0.4, -0.2) is 28.4 Å². The van der Waals surface area contributed by atoms with Crippen molar-refractivity contribution in [2.24, 2.45) is 11.3 Å². The van der Waals surface area contributed by atoms with Gasteiger partial charge in [-0.15, -0.1) is 0 Å². The average molecular weight is 275 g/mol. The minimum Gasteiger partial charge on any atom is -0.508 e. The Morgan fingerprint density at radius 2 is 1.85 bits per heavy atom. The lowest BCUT2D eigenvalue weighted by molar-refractivity contribution is -0.141. The Kier molecular flexibility index (Phi) is 3.84. The van der Waals surface area contributed by atoms with Crippen molar-refractivity contribution in [3.63, 3.8) is 0 Å². The van der Waals surface area contributed by atoms with Gasteiger partial charge in [0.05, 0.1) is 5.41 Å². The molecule has 0 saturated carbocycles. The number of carbonyl (C=O) groups excluding carboxylic acids is 2. The molecule has 1 unspecified atom stereocenters. The highest BCUT2D eigenvalue weighted by molar-refractivity contribution is 6.05. The standard InChI is InChI=1S/C16H21NO3/c1-11(2)16(3)10-14(19)17(15(16)20)9-8-12-4-6-13(18)7-5-12/h4-7,11,18H,8-10H2,1-3H3. The molecule has 0 radical (unpaired) electrons. The van der Waals surface area contributed by atoms with Crippen molar-refractivity contribution in [1.82, 2.24) is 4.90 Å². The van der Waals surface area contributed by atoms with E-state index >= 15 is 0 Å². The summed E-state index contributed by atoms with van der Waals surface area (Å²) in [6, 6.07) is 6.84. The van der Waals surface area contributed by atoms with E-state index in [1.807, 2.05) is 32.9 Å². The molecule has 20 heavy (non-hydrogen) atoms. The maximum Gasteiger partial charge on any atom is 0.235 e. The molecule has 1 aliphatic rings. The molecule has 2 rings (SSSR count). The summed E-state index contributed by atoms with van der Waals surface area (Å²) in [6.07, 6.45) is 0.922. The van der Waals surface area contributed by atoms with E-state index in [1.54, 1.807) is 12.1 Å². The third kappa shape index (κ3) is 2.55. The first kappa shape index (κ1) is 14.6. The van der Waals surface area contributed by atoms with Crippen LogP contribution < -0.4 is 0 Å². The minimum absolute atomic E-state index is 0.0590. The smallest absolute Gasteiger partial charge is 0.235 e. The zero-order valence-electron chi connectivity index (χ0n) is 12.2. The van der Waals surface area contributed by atoms with E-state index in [-0.39, 0.29) is 23.5 Å². The van der Waals surface area contributed by atoms with Gasteiger partial charge in [0.25, 0.3) is 0 Å². The van der Waals surface area contributed by atoms with Gasteiger partial charge >= 0.3 is 0 Å². The monoisotopic (exact) mass is 275 g/mol. The molecule has 1 atom stereocenters. The van der Waals surface area contributed by atoms with Crippen LogP contribution in [0, 0.1) is 11.3 Å². The molecule has 1 aromatic carbocycles. The number of phenolic OH excluding ortho intramolecular Hbond substituents is 1. The molecule has 1 aromatic rings. The predicted octanol–water partition coefficient (Wildman–Crippen LogP) is 2.36. The number of hydrogen-bond donors (Lipinski definition) is 1. The van der Waals surface area contributed by atoms with Gasteiger partial charge in [-0.05, 0) is 37.0 Å². The summed E-state index contributed by atoms with van der Waals surface area (Å²) in [4.78, 5) is 25.8. The molecule has 2 amide bonds. The highest BCUT2D eigenvalue weighted by Gasteiger charge is 2.49. The lowest BCUT2D eigenvalue weighted by atomic mass is 9.78. The number of imide groups is 1. The maximum atomic E-state index is 12.4. The van der Waals surface area contributed by atoms with Gasteiger partial charge in [0.2, 0.25) is 11.8 Å². The molecule has 108 valence electrons. The molecule has 1 N–H and O–H groups in total. The molecular weight excluding hydrogens is 254 g/mol. The predicted molar refractivity (Wildman–Crippen MR) is 76.1 cm³/mol. The van der Waals surface area contributed by atoms with Gasteiger partial charge < -0.3 is 5.11 Å². The summed E-state index contributed by atoms with van der Waals surface area (Å²) in [5.74, 6) is 0.230. The number of nitrogens with zero attached hydrogens (tertiary/aromatic N) is 1. The molecule has 1 fully saturated rings. The summed E-state index contributed by atoms with van der Waals surface area (Å²) < 4.78 is 0. The van der Waals surface area contributed by atoms with E-state index < -0.39 is 5.41 Å². The highest BCUT2D eigenvalue weighted by atomic mass is 16.3. The van der Waals surface area contributed by atoms with Crippen molar-refractivity contribution in [3.05, 3.63) is 29.8 Å². The summed E-state index contributed by atoms with van der Waals surface area (Å²) in [7, 11) is 0. The minimum atomic E-state index is -0.563. The van der Waals surface area contributed by atoms with E-state index in [9.17, 15) is 14.7 Å². The Morgan fingerprint density at radius 1 is 1.25 bits per heavy atom. The topological polar surface area (TPSA) is 57.6 Å². The second kappa shape index (κ2) is 5.27. The van der Waals surface area contributed by atoms with E-state index in [0.29, 0.717) is 19.4 Å². The van der Waals surface area contributed by atoms with Gasteiger partial charge in [-0.25, -0.2) is 0 Å². The number of aromatic hydroxyl groups is 1. The van der Waals surface area contributed by atoms with Crippen molar-refractivity contribution < 1.29 is 14.7 Å². The van der Waals surface area contributed by atoms with Crippen molar-refractivity contribution in [1.29, 1.82) is 0 Å².